The predicted molar refractivity (Wildman–Crippen MR) is 69.7 cm³/mol. The van der Waals surface area contributed by atoms with E-state index in [0.717, 1.165) is 17.7 Å². The van der Waals surface area contributed by atoms with Crippen molar-refractivity contribution in [3.05, 3.63) is 36.2 Å². The smallest absolute Gasteiger partial charge is 0.243 e. The molecule has 0 saturated heterocycles. The van der Waals surface area contributed by atoms with Crippen molar-refractivity contribution in [2.45, 2.75) is 12.5 Å². The molecule has 4 nitrogen and oxygen atoms in total. The van der Waals surface area contributed by atoms with E-state index in [2.05, 4.69) is 16.4 Å². The molecular formula is C12H15N3OS. The molecule has 5 heteroatoms. The van der Waals surface area contributed by atoms with Gasteiger partial charge in [0.1, 0.15) is 0 Å². The van der Waals surface area contributed by atoms with Crippen LogP contribution in [0.5, 0.6) is 0 Å². The van der Waals surface area contributed by atoms with Crippen LogP contribution in [-0.4, -0.2) is 22.1 Å². The molecule has 2 rings (SSSR count). The van der Waals surface area contributed by atoms with Gasteiger partial charge in [-0.05, 0) is 18.4 Å². The van der Waals surface area contributed by atoms with Crippen molar-refractivity contribution in [1.29, 1.82) is 0 Å². The summed E-state index contributed by atoms with van der Waals surface area (Å²) in [5.74, 6) is 2.10. The van der Waals surface area contributed by atoms with Gasteiger partial charge in [-0.3, -0.25) is 0 Å². The first kappa shape index (κ1) is 12.1. The molecular weight excluding hydrogens is 234 g/mol. The Labute approximate surface area is 105 Å². The summed E-state index contributed by atoms with van der Waals surface area (Å²) in [6.45, 7) is 0. The lowest BCUT2D eigenvalue weighted by atomic mass is 10.2. The van der Waals surface area contributed by atoms with E-state index in [9.17, 15) is 0 Å². The summed E-state index contributed by atoms with van der Waals surface area (Å²) >= 11 is 1.76. The summed E-state index contributed by atoms with van der Waals surface area (Å²) in [7, 11) is 0. The molecule has 0 bridgehead atoms. The van der Waals surface area contributed by atoms with Crippen LogP contribution in [0.15, 0.2) is 34.9 Å². The minimum Gasteiger partial charge on any atom is -0.337 e. The molecule has 0 aliphatic rings. The maximum atomic E-state index is 5.96. The van der Waals surface area contributed by atoms with E-state index in [1.807, 2.05) is 30.3 Å². The summed E-state index contributed by atoms with van der Waals surface area (Å²) < 4.78 is 5.18. The van der Waals surface area contributed by atoms with Crippen LogP contribution in [0.4, 0.5) is 0 Å². The third-order valence-electron chi connectivity index (χ3n) is 2.42. The van der Waals surface area contributed by atoms with Crippen LogP contribution in [0.25, 0.3) is 11.4 Å². The van der Waals surface area contributed by atoms with Crippen molar-refractivity contribution >= 4 is 11.8 Å². The predicted octanol–water partition coefficient (Wildman–Crippen LogP) is 2.49. The fourth-order valence-corrected chi connectivity index (χ4v) is 1.95. The highest BCUT2D eigenvalue weighted by Gasteiger charge is 2.14. The van der Waals surface area contributed by atoms with Gasteiger partial charge in [-0.1, -0.05) is 35.5 Å². The molecule has 90 valence electrons. The first-order valence-corrected chi connectivity index (χ1v) is 6.84. The van der Waals surface area contributed by atoms with Gasteiger partial charge in [0.05, 0.1) is 6.04 Å². The molecule has 2 N–H and O–H groups in total. The van der Waals surface area contributed by atoms with E-state index in [-0.39, 0.29) is 6.04 Å². The fraction of sp³-hybridized carbons (Fsp3) is 0.333. The molecule has 0 aliphatic carbocycles. The molecule has 0 saturated carbocycles. The Morgan fingerprint density at radius 2 is 2.12 bits per heavy atom. The van der Waals surface area contributed by atoms with Gasteiger partial charge in [-0.15, -0.1) is 0 Å². The van der Waals surface area contributed by atoms with Crippen LogP contribution in [-0.2, 0) is 0 Å². The molecule has 17 heavy (non-hydrogen) atoms. The second kappa shape index (κ2) is 5.84. The summed E-state index contributed by atoms with van der Waals surface area (Å²) in [5, 5.41) is 3.94. The number of aromatic nitrogens is 2. The zero-order chi connectivity index (χ0) is 12.1. The SMILES string of the molecule is CSCCC(N)c1nc(-c2ccccc2)no1. The van der Waals surface area contributed by atoms with Gasteiger partial charge < -0.3 is 10.3 Å². The summed E-state index contributed by atoms with van der Waals surface area (Å²) in [4.78, 5) is 4.32. The third-order valence-corrected chi connectivity index (χ3v) is 3.07. The largest absolute Gasteiger partial charge is 0.337 e. The Kier molecular flexibility index (Phi) is 4.17. The normalized spacial score (nSPS) is 12.6. The molecule has 1 aromatic carbocycles. The van der Waals surface area contributed by atoms with Crippen molar-refractivity contribution < 1.29 is 4.52 Å². The van der Waals surface area contributed by atoms with E-state index >= 15 is 0 Å². The van der Waals surface area contributed by atoms with E-state index < -0.39 is 0 Å². The Bertz CT molecular complexity index is 458. The molecule has 0 aliphatic heterocycles. The van der Waals surface area contributed by atoms with Crippen molar-refractivity contribution in [1.82, 2.24) is 10.1 Å². The lowest BCUT2D eigenvalue weighted by Gasteiger charge is -2.03. The molecule has 1 aromatic heterocycles. The molecule has 0 fully saturated rings. The number of thioether (sulfide) groups is 1. The van der Waals surface area contributed by atoms with Crippen LogP contribution in [0, 0.1) is 0 Å². The Balaban J connectivity index is 2.11. The second-order valence-electron chi connectivity index (χ2n) is 3.71. The Morgan fingerprint density at radius 3 is 2.82 bits per heavy atom. The van der Waals surface area contributed by atoms with Gasteiger partial charge >= 0.3 is 0 Å². The van der Waals surface area contributed by atoms with E-state index in [1.165, 1.54) is 0 Å². The van der Waals surface area contributed by atoms with Crippen LogP contribution in [0.2, 0.25) is 0 Å². The molecule has 0 spiro atoms. The van der Waals surface area contributed by atoms with Gasteiger partial charge in [-0.2, -0.15) is 16.7 Å². The van der Waals surface area contributed by atoms with E-state index in [4.69, 9.17) is 10.3 Å². The Morgan fingerprint density at radius 1 is 1.35 bits per heavy atom. The lowest BCUT2D eigenvalue weighted by Crippen LogP contribution is -2.11. The highest BCUT2D eigenvalue weighted by Crippen LogP contribution is 2.19. The molecule has 2 aromatic rings. The quantitative estimate of drug-likeness (QED) is 0.882. The monoisotopic (exact) mass is 249 g/mol. The standard InChI is InChI=1S/C12H15N3OS/c1-17-8-7-10(13)12-14-11(15-16-12)9-5-3-2-4-6-9/h2-6,10H,7-8,13H2,1H3. The van der Waals surface area contributed by atoms with Crippen molar-refractivity contribution in [3.8, 4) is 11.4 Å². The highest BCUT2D eigenvalue weighted by atomic mass is 32.2. The van der Waals surface area contributed by atoms with Crippen molar-refractivity contribution in [2.75, 3.05) is 12.0 Å². The molecule has 1 heterocycles. The van der Waals surface area contributed by atoms with Gasteiger partial charge in [0.2, 0.25) is 11.7 Å². The van der Waals surface area contributed by atoms with Crippen LogP contribution in [0.1, 0.15) is 18.4 Å². The number of nitrogens with two attached hydrogens (primary N) is 1. The molecule has 0 amide bonds. The summed E-state index contributed by atoms with van der Waals surface area (Å²) in [5.41, 5.74) is 6.91. The van der Waals surface area contributed by atoms with Gasteiger partial charge in [0.15, 0.2) is 0 Å². The first-order valence-electron chi connectivity index (χ1n) is 5.45. The van der Waals surface area contributed by atoms with Gasteiger partial charge in [-0.25, -0.2) is 0 Å². The number of hydrogen-bond donors (Lipinski definition) is 1. The van der Waals surface area contributed by atoms with E-state index in [1.54, 1.807) is 11.8 Å². The van der Waals surface area contributed by atoms with Crippen molar-refractivity contribution in [2.24, 2.45) is 5.73 Å². The lowest BCUT2D eigenvalue weighted by molar-refractivity contribution is 0.353. The number of nitrogens with zero attached hydrogens (tertiary/aromatic N) is 2. The maximum absolute atomic E-state index is 5.96. The molecule has 0 radical (unpaired) electrons. The maximum Gasteiger partial charge on any atom is 0.243 e. The molecule has 1 unspecified atom stereocenters. The minimum absolute atomic E-state index is 0.174. The van der Waals surface area contributed by atoms with Crippen LogP contribution < -0.4 is 5.73 Å². The Hall–Kier alpha value is -1.33. The number of benzene rings is 1. The van der Waals surface area contributed by atoms with Crippen molar-refractivity contribution in [3.63, 3.8) is 0 Å². The van der Waals surface area contributed by atoms with Crippen LogP contribution in [0.3, 0.4) is 0 Å². The number of hydrogen-bond acceptors (Lipinski definition) is 5. The third kappa shape index (κ3) is 3.08. The van der Waals surface area contributed by atoms with Gasteiger partial charge in [0.25, 0.3) is 0 Å². The summed E-state index contributed by atoms with van der Waals surface area (Å²) in [6, 6.07) is 9.56. The van der Waals surface area contributed by atoms with Gasteiger partial charge in [0, 0.05) is 5.56 Å². The average molecular weight is 249 g/mol. The van der Waals surface area contributed by atoms with Crippen LogP contribution >= 0.6 is 11.8 Å². The number of rotatable bonds is 5. The molecule has 1 atom stereocenters. The van der Waals surface area contributed by atoms with E-state index in [0.29, 0.717) is 11.7 Å². The zero-order valence-electron chi connectivity index (χ0n) is 9.67. The zero-order valence-corrected chi connectivity index (χ0v) is 10.5. The topological polar surface area (TPSA) is 64.9 Å². The highest BCUT2D eigenvalue weighted by molar-refractivity contribution is 7.98. The first-order chi connectivity index (χ1) is 8.31. The second-order valence-corrected chi connectivity index (χ2v) is 4.70. The fourth-order valence-electron chi connectivity index (χ4n) is 1.46. The summed E-state index contributed by atoms with van der Waals surface area (Å²) in [6.07, 6.45) is 2.90. The average Bonchev–Trinajstić information content (AvgIpc) is 2.86. The minimum atomic E-state index is -0.174.